The molecule has 0 aromatic carbocycles. The largest absolute Gasteiger partial charge is 0.480 e. The van der Waals surface area contributed by atoms with Gasteiger partial charge in [0.1, 0.15) is 17.7 Å². The fraction of sp³-hybridized carbons (Fsp3) is 0.742. The van der Waals surface area contributed by atoms with Gasteiger partial charge in [0.15, 0.2) is 6.61 Å². The number of hydrogen-bond donors (Lipinski definition) is 4. The minimum absolute atomic E-state index is 0.0857. The van der Waals surface area contributed by atoms with Crippen molar-refractivity contribution < 1.29 is 29.4 Å². The lowest BCUT2D eigenvalue weighted by Gasteiger charge is -2.58. The fourth-order valence-electron chi connectivity index (χ4n) is 8.18. The Morgan fingerprint density at radius 2 is 1.80 bits per heavy atom. The number of allylic oxidation sites excluding steroid dienone is 2. The summed E-state index contributed by atoms with van der Waals surface area (Å²) >= 11 is 0. The molecule has 0 spiro atoms. The SMILES string of the molecule is C#C[C@@]1(O)CC[C@@H]2[C@@H]3CCC4=C/C(=N\OCC(=O)N[C@H](C(=O)N[C@@H](C)C(=O)O)C(C)C)CC[C@]4(C)[C@@H]3CC[C@@]21C. The zero-order valence-electron chi connectivity index (χ0n) is 24.5. The van der Waals surface area contributed by atoms with Crippen LogP contribution >= 0.6 is 0 Å². The van der Waals surface area contributed by atoms with E-state index >= 15 is 0 Å². The minimum Gasteiger partial charge on any atom is -0.480 e. The molecule has 0 saturated heterocycles. The molecule has 4 rings (SSSR count). The monoisotopic (exact) mass is 555 g/mol. The number of carbonyl (C=O) groups is 3. The van der Waals surface area contributed by atoms with E-state index in [9.17, 15) is 19.5 Å². The van der Waals surface area contributed by atoms with Crippen LogP contribution in [0.25, 0.3) is 0 Å². The van der Waals surface area contributed by atoms with Gasteiger partial charge in [0.05, 0.1) is 5.71 Å². The number of aliphatic carboxylic acids is 1. The molecule has 2 amide bonds. The summed E-state index contributed by atoms with van der Waals surface area (Å²) in [6, 6.07) is -1.94. The van der Waals surface area contributed by atoms with E-state index in [4.69, 9.17) is 16.4 Å². The van der Waals surface area contributed by atoms with Crippen LogP contribution in [0.3, 0.4) is 0 Å². The normalized spacial score (nSPS) is 37.2. The van der Waals surface area contributed by atoms with E-state index in [1.54, 1.807) is 13.8 Å². The first-order valence-electron chi connectivity index (χ1n) is 14.7. The quantitative estimate of drug-likeness (QED) is 0.268. The Hall–Kier alpha value is -2.86. The van der Waals surface area contributed by atoms with Crippen molar-refractivity contribution >= 4 is 23.5 Å². The molecular weight excluding hydrogens is 510 g/mol. The van der Waals surface area contributed by atoms with Crippen LogP contribution in [0.2, 0.25) is 0 Å². The van der Waals surface area contributed by atoms with Gasteiger partial charge in [-0.2, -0.15) is 0 Å². The number of hydrogen-bond acceptors (Lipinski definition) is 6. The highest BCUT2D eigenvalue weighted by Crippen LogP contribution is 2.67. The number of carbonyl (C=O) groups excluding carboxylic acids is 2. The second-order valence-electron chi connectivity index (χ2n) is 13.2. The maximum Gasteiger partial charge on any atom is 0.325 e. The molecule has 4 N–H and O–H groups in total. The second-order valence-corrected chi connectivity index (χ2v) is 13.2. The molecule has 4 aliphatic rings. The van der Waals surface area contributed by atoms with Crippen molar-refractivity contribution in [3.05, 3.63) is 11.6 Å². The summed E-state index contributed by atoms with van der Waals surface area (Å²) < 4.78 is 0. The van der Waals surface area contributed by atoms with E-state index < -0.39 is 35.5 Å². The molecule has 3 fully saturated rings. The van der Waals surface area contributed by atoms with Crippen molar-refractivity contribution in [1.82, 2.24) is 10.6 Å². The first-order chi connectivity index (χ1) is 18.8. The molecule has 40 heavy (non-hydrogen) atoms. The Labute approximate surface area is 237 Å². The third-order valence-electron chi connectivity index (χ3n) is 10.7. The molecule has 3 saturated carbocycles. The van der Waals surface area contributed by atoms with Crippen molar-refractivity contribution in [2.75, 3.05) is 6.61 Å². The van der Waals surface area contributed by atoms with Crippen LogP contribution in [0, 0.1) is 46.8 Å². The average Bonchev–Trinajstić information content (AvgIpc) is 3.18. The topological polar surface area (TPSA) is 137 Å². The third-order valence-corrected chi connectivity index (χ3v) is 10.7. The van der Waals surface area contributed by atoms with Crippen molar-refractivity contribution in [2.24, 2.45) is 39.7 Å². The number of amides is 2. The molecule has 0 unspecified atom stereocenters. The summed E-state index contributed by atoms with van der Waals surface area (Å²) in [5, 5.41) is 29.5. The van der Waals surface area contributed by atoms with Gasteiger partial charge in [-0.3, -0.25) is 14.4 Å². The Morgan fingerprint density at radius 1 is 1.10 bits per heavy atom. The number of terminal acetylenes is 1. The van der Waals surface area contributed by atoms with Crippen LogP contribution in [0.1, 0.15) is 86.0 Å². The zero-order chi connectivity index (χ0) is 29.5. The van der Waals surface area contributed by atoms with Crippen LogP contribution in [-0.4, -0.2) is 58.0 Å². The minimum atomic E-state index is -1.15. The highest BCUT2D eigenvalue weighted by Gasteiger charge is 2.63. The molecule has 0 bridgehead atoms. The summed E-state index contributed by atoms with van der Waals surface area (Å²) in [6.45, 7) is 9.16. The third kappa shape index (κ3) is 5.27. The molecule has 9 nitrogen and oxygen atoms in total. The Morgan fingerprint density at radius 3 is 2.45 bits per heavy atom. The number of nitrogens with zero attached hydrogens (tertiary/aromatic N) is 1. The number of carboxylic acids is 1. The standard InChI is InChI=1S/C31H45N3O6/c1-7-31(39)15-12-24-22-9-8-20-16-21(10-13-29(20,5)23(22)11-14-30(24,31)6)34-40-17-25(35)33-26(18(2)3)27(36)32-19(4)28(37)38/h1,16,18-19,22-24,26,39H,8-15,17H2,2-6H3,(H,32,36)(H,33,35)(H,37,38)/b34-21-/t19-,22+,23+,24+,26-,29-,30-,31+/m0/s1. The van der Waals surface area contributed by atoms with E-state index in [2.05, 4.69) is 41.6 Å². The van der Waals surface area contributed by atoms with Gasteiger partial charge in [0.2, 0.25) is 5.91 Å². The van der Waals surface area contributed by atoms with Crippen LogP contribution < -0.4 is 10.6 Å². The maximum atomic E-state index is 12.5. The lowest BCUT2D eigenvalue weighted by Crippen LogP contribution is -2.54. The second kappa shape index (κ2) is 11.2. The van der Waals surface area contributed by atoms with Gasteiger partial charge in [0, 0.05) is 5.41 Å². The number of fused-ring (bicyclic) bond motifs is 5. The summed E-state index contributed by atoms with van der Waals surface area (Å²) in [5.74, 6) is 1.88. The van der Waals surface area contributed by atoms with Crippen molar-refractivity contribution in [1.29, 1.82) is 0 Å². The molecule has 4 aliphatic carbocycles. The summed E-state index contributed by atoms with van der Waals surface area (Å²) in [5.41, 5.74) is 1.09. The molecule has 0 radical (unpaired) electrons. The van der Waals surface area contributed by atoms with Crippen LogP contribution in [-0.2, 0) is 19.2 Å². The molecule has 0 aromatic heterocycles. The first kappa shape index (κ1) is 30.1. The van der Waals surface area contributed by atoms with E-state index in [0.717, 1.165) is 50.7 Å². The molecule has 220 valence electrons. The Balaban J connectivity index is 1.36. The summed E-state index contributed by atoms with van der Waals surface area (Å²) in [4.78, 5) is 41.4. The predicted molar refractivity (Wildman–Crippen MR) is 151 cm³/mol. The van der Waals surface area contributed by atoms with Gasteiger partial charge in [-0.05, 0) is 93.5 Å². The van der Waals surface area contributed by atoms with Gasteiger partial charge in [-0.15, -0.1) is 6.42 Å². The van der Waals surface area contributed by atoms with Crippen LogP contribution in [0.5, 0.6) is 0 Å². The number of oxime groups is 1. The van der Waals surface area contributed by atoms with Crippen LogP contribution in [0.15, 0.2) is 16.8 Å². The molecule has 0 aromatic rings. The number of nitrogens with one attached hydrogen (secondary N) is 2. The van der Waals surface area contributed by atoms with Gasteiger partial charge < -0.3 is 25.7 Å². The average molecular weight is 556 g/mol. The molecular formula is C31H45N3O6. The number of aliphatic hydroxyl groups is 1. The van der Waals surface area contributed by atoms with Crippen molar-refractivity contribution in [3.8, 4) is 12.3 Å². The smallest absolute Gasteiger partial charge is 0.325 e. The Kier molecular flexibility index (Phi) is 8.43. The van der Waals surface area contributed by atoms with Crippen molar-refractivity contribution in [3.63, 3.8) is 0 Å². The summed E-state index contributed by atoms with van der Waals surface area (Å²) in [6.07, 6.45) is 15.5. The number of rotatable bonds is 8. The van der Waals surface area contributed by atoms with E-state index in [1.807, 2.05) is 0 Å². The first-order valence-corrected chi connectivity index (χ1v) is 14.7. The van der Waals surface area contributed by atoms with E-state index in [-0.39, 0.29) is 23.4 Å². The highest BCUT2D eigenvalue weighted by molar-refractivity contribution is 5.96. The summed E-state index contributed by atoms with van der Waals surface area (Å²) in [7, 11) is 0. The predicted octanol–water partition coefficient (Wildman–Crippen LogP) is 3.42. The molecule has 8 atom stereocenters. The van der Waals surface area contributed by atoms with Gasteiger partial charge in [-0.25, -0.2) is 0 Å². The van der Waals surface area contributed by atoms with E-state index in [0.29, 0.717) is 24.2 Å². The van der Waals surface area contributed by atoms with Gasteiger partial charge in [0.25, 0.3) is 5.91 Å². The molecule has 0 heterocycles. The lowest BCUT2D eigenvalue weighted by molar-refractivity contribution is -0.142. The van der Waals surface area contributed by atoms with Gasteiger partial charge in [-0.1, -0.05) is 44.3 Å². The fourth-order valence-corrected chi connectivity index (χ4v) is 8.18. The highest BCUT2D eigenvalue weighted by atomic mass is 16.6. The van der Waals surface area contributed by atoms with Crippen molar-refractivity contribution in [2.45, 2.75) is 104 Å². The lowest BCUT2D eigenvalue weighted by atomic mass is 9.46. The van der Waals surface area contributed by atoms with Gasteiger partial charge >= 0.3 is 5.97 Å². The van der Waals surface area contributed by atoms with Crippen LogP contribution in [0.4, 0.5) is 0 Å². The molecule has 9 heteroatoms. The maximum absolute atomic E-state index is 12.5. The molecule has 0 aliphatic heterocycles. The Bertz CT molecular complexity index is 1140. The zero-order valence-corrected chi connectivity index (χ0v) is 24.5. The van der Waals surface area contributed by atoms with E-state index in [1.165, 1.54) is 12.5 Å². The number of carboxylic acid groups (broad SMARTS) is 1.